The third kappa shape index (κ3) is 15.5. The Morgan fingerprint density at radius 3 is 1.37 bits per heavy atom. The maximum absolute atomic E-state index is 13.0. The molecule has 5 fully saturated rings. The molecule has 20 N–H and O–H groups in total. The predicted octanol–water partition coefficient (Wildman–Crippen LogP) is -12.9. The smallest absolute Gasteiger partial charge is 0.217 e. The molecule has 5 saturated heterocycles. The highest BCUT2D eigenvalue weighted by molar-refractivity contribution is 5.74. The number of carbonyl (C=O) groups is 4. The molecule has 78 heavy (non-hydrogen) atoms. The van der Waals surface area contributed by atoms with E-state index in [2.05, 4.69) is 21.3 Å². The minimum absolute atomic E-state index is 0.742. The molecule has 5 heterocycles. The highest BCUT2D eigenvalue weighted by Crippen LogP contribution is 2.35. The summed E-state index contributed by atoms with van der Waals surface area (Å²) >= 11 is 0. The Kier molecular flexibility index (Phi) is 24.6. The van der Waals surface area contributed by atoms with Crippen molar-refractivity contribution in [2.45, 2.75) is 212 Å². The Bertz CT molecular complexity index is 1920. The van der Waals surface area contributed by atoms with Gasteiger partial charge in [-0.2, -0.15) is 0 Å². The SMILES string of the molecule is CC(=O)N[C@H]1[C@H](O[C@@H]2[C@@H](NC(C)=O)[C@H](OC[C@@H](O)[C@H](O)[C@H](O[C@@H]3O[C@H](CO)[C@H](O[C@H]4O[C@H](CO)[C@@H](O)[C@H](O)[C@H]4NC(C)=O)[C@H](O)[C@H]3O)[C@H](CO)NC(C)=O)O[C@H](CO)[C@H]2O[C@H]2O[C@H](C)[C@H](O)[C@H](O)[C@H]2O)O[C@H](CO)[C@@H](O)[C@@H]1O. The molecule has 0 aliphatic carbocycles. The Balaban J connectivity index is 1.44. The fourth-order valence-corrected chi connectivity index (χ4v) is 9.58. The van der Waals surface area contributed by atoms with Crippen LogP contribution >= 0.6 is 0 Å². The molecular weight excluding hydrogens is 1060 g/mol. The van der Waals surface area contributed by atoms with E-state index in [0.717, 1.165) is 27.7 Å². The van der Waals surface area contributed by atoms with Crippen LogP contribution in [0.3, 0.4) is 0 Å². The van der Waals surface area contributed by atoms with Crippen LogP contribution < -0.4 is 21.3 Å². The van der Waals surface area contributed by atoms with Crippen LogP contribution in [0, 0.1) is 0 Å². The van der Waals surface area contributed by atoms with Crippen molar-refractivity contribution in [3.8, 4) is 0 Å². The van der Waals surface area contributed by atoms with Crippen molar-refractivity contribution in [1.82, 2.24) is 21.3 Å². The Hall–Kier alpha value is -3.16. The van der Waals surface area contributed by atoms with Crippen molar-refractivity contribution in [2.75, 3.05) is 39.6 Å². The van der Waals surface area contributed by atoms with Gasteiger partial charge in [0.1, 0.15) is 134 Å². The van der Waals surface area contributed by atoms with Gasteiger partial charge in [0.15, 0.2) is 31.5 Å². The van der Waals surface area contributed by atoms with Gasteiger partial charge in [-0.05, 0) is 6.92 Å². The number of aliphatic hydroxyl groups is 16. The zero-order valence-electron chi connectivity index (χ0n) is 42.9. The topological polar surface area (TPSA) is 532 Å². The van der Waals surface area contributed by atoms with Crippen molar-refractivity contribution < 1.29 is 148 Å². The Morgan fingerprint density at radius 1 is 0.462 bits per heavy atom. The summed E-state index contributed by atoms with van der Waals surface area (Å²) in [7, 11) is 0. The van der Waals surface area contributed by atoms with Crippen LogP contribution in [0.2, 0.25) is 0 Å². The van der Waals surface area contributed by atoms with Crippen LogP contribution in [0.1, 0.15) is 34.6 Å². The van der Waals surface area contributed by atoms with Crippen LogP contribution in [0.15, 0.2) is 0 Å². The van der Waals surface area contributed by atoms with E-state index in [0.29, 0.717) is 0 Å². The summed E-state index contributed by atoms with van der Waals surface area (Å²) in [6.07, 6.45) is -46.6. The van der Waals surface area contributed by atoms with E-state index in [4.69, 9.17) is 47.4 Å². The first kappa shape index (κ1) is 65.6. The van der Waals surface area contributed by atoms with Crippen molar-refractivity contribution in [2.24, 2.45) is 0 Å². The summed E-state index contributed by atoms with van der Waals surface area (Å²) < 4.78 is 58.6. The average molecular weight is 1140 g/mol. The molecular formula is C44H76N4O30. The van der Waals surface area contributed by atoms with Gasteiger partial charge in [0.05, 0.1) is 51.8 Å². The number of hydrogen-bond acceptors (Lipinski definition) is 30. The minimum Gasteiger partial charge on any atom is -0.394 e. The van der Waals surface area contributed by atoms with Gasteiger partial charge in [-0.3, -0.25) is 19.2 Å². The molecule has 0 unspecified atom stereocenters. The largest absolute Gasteiger partial charge is 0.394 e. The van der Waals surface area contributed by atoms with Gasteiger partial charge in [-0.25, -0.2) is 0 Å². The molecule has 0 saturated carbocycles. The van der Waals surface area contributed by atoms with Crippen molar-refractivity contribution in [3.63, 3.8) is 0 Å². The summed E-state index contributed by atoms with van der Waals surface area (Å²) in [5, 5.41) is 182. The first-order chi connectivity index (χ1) is 36.7. The number of carbonyl (C=O) groups excluding carboxylic acids is 4. The monoisotopic (exact) mass is 1140 g/mol. The lowest BCUT2D eigenvalue weighted by Crippen LogP contribution is -2.71. The third-order valence-corrected chi connectivity index (χ3v) is 13.6. The summed E-state index contributed by atoms with van der Waals surface area (Å²) in [6.45, 7) is -0.594. The third-order valence-electron chi connectivity index (χ3n) is 13.6. The second-order valence-electron chi connectivity index (χ2n) is 19.5. The second kappa shape index (κ2) is 29.2. The molecule has 4 amide bonds. The molecule has 5 aliphatic rings. The zero-order valence-corrected chi connectivity index (χ0v) is 42.9. The average Bonchev–Trinajstić information content (AvgIpc) is 3.45. The number of amides is 4. The van der Waals surface area contributed by atoms with Gasteiger partial charge >= 0.3 is 0 Å². The Labute approximate surface area is 444 Å². The van der Waals surface area contributed by atoms with Gasteiger partial charge in [-0.15, -0.1) is 0 Å². The summed E-state index contributed by atoms with van der Waals surface area (Å²) in [4.78, 5) is 49.8. The first-order valence-corrected chi connectivity index (χ1v) is 24.9. The van der Waals surface area contributed by atoms with E-state index in [9.17, 15) is 101 Å². The van der Waals surface area contributed by atoms with Crippen LogP contribution in [0.25, 0.3) is 0 Å². The standard InChI is InChI=1S/C44H76N4O30/c1-12-26(59)32(65)34(67)43(70-12)77-38-22(10-53)73-40(25(48-16(5)57)39(38)78-42-24(47-15(4)56)31(64)29(62)20(8-51)72-42)69-11-18(58)27(60)36(17(6-49)45-13(2)54)75-44-35(68)33(66)37(21(9-52)74-44)76-41-23(46-14(3)55)30(63)28(61)19(7-50)71-41/h12,17-44,49-53,58-68H,6-11H2,1-5H3,(H,45,54)(H,46,55)(H,47,56)(H,48,57)/t12-,17+,18-,19-,20-,21-,22-,23-,24-,25-,26+,27+,28-,29-,30-,31-,32+,33-,34-,35-,36-,37+,38-,39-,40-,41-,42+,43-,44+/m1/s1. The Morgan fingerprint density at radius 2 is 0.897 bits per heavy atom. The lowest BCUT2D eigenvalue weighted by Gasteiger charge is -2.50. The van der Waals surface area contributed by atoms with E-state index in [-0.39, 0.29) is 0 Å². The molecule has 452 valence electrons. The normalized spacial score (nSPS) is 42.9. The van der Waals surface area contributed by atoms with Crippen molar-refractivity contribution >= 4 is 23.6 Å². The van der Waals surface area contributed by atoms with E-state index in [1.807, 2.05) is 0 Å². The number of hydrogen-bond donors (Lipinski definition) is 20. The molecule has 34 nitrogen and oxygen atoms in total. The van der Waals surface area contributed by atoms with Crippen LogP contribution in [0.5, 0.6) is 0 Å². The highest BCUT2D eigenvalue weighted by atomic mass is 16.8. The molecule has 5 rings (SSSR count). The molecule has 5 aliphatic heterocycles. The van der Waals surface area contributed by atoms with Gasteiger partial charge < -0.3 is 150 Å². The molecule has 0 bridgehead atoms. The maximum Gasteiger partial charge on any atom is 0.217 e. The van der Waals surface area contributed by atoms with E-state index < -0.39 is 241 Å². The van der Waals surface area contributed by atoms with E-state index in [1.165, 1.54) is 6.92 Å². The molecule has 0 spiro atoms. The van der Waals surface area contributed by atoms with E-state index >= 15 is 0 Å². The highest BCUT2D eigenvalue weighted by Gasteiger charge is 2.57. The molecule has 29 atom stereocenters. The number of aliphatic hydroxyl groups excluding tert-OH is 16. The molecule has 0 aromatic rings. The van der Waals surface area contributed by atoms with Gasteiger partial charge in [0, 0.05) is 27.7 Å². The lowest BCUT2D eigenvalue weighted by molar-refractivity contribution is -0.367. The number of rotatable bonds is 23. The second-order valence-corrected chi connectivity index (χ2v) is 19.5. The van der Waals surface area contributed by atoms with Crippen LogP contribution in [0.4, 0.5) is 0 Å². The van der Waals surface area contributed by atoms with Crippen LogP contribution in [-0.2, 0) is 66.5 Å². The van der Waals surface area contributed by atoms with Gasteiger partial charge in [-0.1, -0.05) is 0 Å². The van der Waals surface area contributed by atoms with Gasteiger partial charge in [0.25, 0.3) is 0 Å². The fourth-order valence-electron chi connectivity index (χ4n) is 9.58. The maximum atomic E-state index is 13.0. The fraction of sp³-hybridized carbons (Fsp3) is 0.909. The minimum atomic E-state index is -2.34. The van der Waals surface area contributed by atoms with Crippen LogP contribution in [-0.4, -0.2) is 323 Å². The van der Waals surface area contributed by atoms with E-state index in [1.54, 1.807) is 0 Å². The summed E-state index contributed by atoms with van der Waals surface area (Å²) in [5.74, 6) is -3.23. The molecule has 34 heteroatoms. The van der Waals surface area contributed by atoms with Crippen molar-refractivity contribution in [3.05, 3.63) is 0 Å². The summed E-state index contributed by atoms with van der Waals surface area (Å²) in [5.41, 5.74) is 0. The predicted molar refractivity (Wildman–Crippen MR) is 246 cm³/mol. The lowest BCUT2D eigenvalue weighted by atomic mass is 9.93. The molecule has 0 radical (unpaired) electrons. The number of nitrogens with one attached hydrogen (secondary N) is 4. The zero-order chi connectivity index (χ0) is 58.2. The van der Waals surface area contributed by atoms with Gasteiger partial charge in [0.2, 0.25) is 23.6 Å². The first-order valence-electron chi connectivity index (χ1n) is 24.9. The summed E-state index contributed by atoms with van der Waals surface area (Å²) in [6, 6.07) is -6.67. The quantitative estimate of drug-likeness (QED) is 0.0452. The van der Waals surface area contributed by atoms with Crippen molar-refractivity contribution in [1.29, 1.82) is 0 Å². The molecule has 0 aromatic heterocycles. The number of ether oxygens (including phenoxy) is 10. The molecule has 0 aromatic carbocycles.